The standard InChI is InChI=1S/C22H26FN3O2S/c1-3-29-22-20(21(27)24-11-15-5-4-6-16(23)10-15)14(2)9-19(25-22)26-12-17-7-8-18(13-26)28-17/h4-6,9-10,17-18H,3,7-8,11-13H2,1-2H3,(H,24,27). The minimum absolute atomic E-state index is 0.177. The quantitative estimate of drug-likeness (QED) is 0.725. The van der Waals surface area contributed by atoms with Crippen LogP contribution in [0.15, 0.2) is 35.4 Å². The van der Waals surface area contributed by atoms with Gasteiger partial charge in [0.15, 0.2) is 0 Å². The number of aromatic nitrogens is 1. The second-order valence-corrected chi connectivity index (χ2v) is 8.84. The van der Waals surface area contributed by atoms with Gasteiger partial charge in [0.1, 0.15) is 16.7 Å². The van der Waals surface area contributed by atoms with Crippen molar-refractivity contribution in [2.75, 3.05) is 23.7 Å². The zero-order valence-electron chi connectivity index (χ0n) is 16.8. The number of anilines is 1. The summed E-state index contributed by atoms with van der Waals surface area (Å²) in [6.07, 6.45) is 2.79. The Labute approximate surface area is 175 Å². The van der Waals surface area contributed by atoms with E-state index in [-0.39, 0.29) is 30.5 Å². The van der Waals surface area contributed by atoms with E-state index in [4.69, 9.17) is 9.72 Å². The molecule has 2 atom stereocenters. The molecular weight excluding hydrogens is 389 g/mol. The first-order valence-electron chi connectivity index (χ1n) is 10.1. The van der Waals surface area contributed by atoms with Crippen LogP contribution in [-0.4, -0.2) is 41.9 Å². The molecule has 0 spiro atoms. The Bertz CT molecular complexity index is 896. The topological polar surface area (TPSA) is 54.5 Å². The van der Waals surface area contributed by atoms with Crippen molar-refractivity contribution in [3.63, 3.8) is 0 Å². The first-order chi connectivity index (χ1) is 14.0. The zero-order chi connectivity index (χ0) is 20.4. The normalized spacial score (nSPS) is 20.7. The second kappa shape index (κ2) is 8.71. The first kappa shape index (κ1) is 20.2. The van der Waals surface area contributed by atoms with Crippen LogP contribution in [0.3, 0.4) is 0 Å². The summed E-state index contributed by atoms with van der Waals surface area (Å²) in [6.45, 7) is 5.99. The number of hydrogen-bond donors (Lipinski definition) is 1. The molecule has 1 amide bonds. The van der Waals surface area contributed by atoms with Gasteiger partial charge in [0.25, 0.3) is 5.91 Å². The number of nitrogens with one attached hydrogen (secondary N) is 1. The molecule has 1 aromatic heterocycles. The molecule has 0 saturated carbocycles. The minimum atomic E-state index is -0.305. The Balaban J connectivity index is 1.55. The molecule has 7 heteroatoms. The molecule has 2 aliphatic rings. The molecule has 2 fully saturated rings. The molecule has 1 aromatic carbocycles. The number of carbonyl (C=O) groups excluding carboxylic acids is 1. The van der Waals surface area contributed by atoms with Crippen molar-refractivity contribution in [2.24, 2.45) is 0 Å². The maximum absolute atomic E-state index is 13.4. The van der Waals surface area contributed by atoms with Crippen LogP contribution in [-0.2, 0) is 11.3 Å². The molecule has 29 heavy (non-hydrogen) atoms. The van der Waals surface area contributed by atoms with Crippen LogP contribution in [0.4, 0.5) is 10.2 Å². The zero-order valence-corrected chi connectivity index (χ0v) is 17.6. The van der Waals surface area contributed by atoms with E-state index in [1.165, 1.54) is 12.1 Å². The van der Waals surface area contributed by atoms with E-state index < -0.39 is 0 Å². The van der Waals surface area contributed by atoms with Gasteiger partial charge < -0.3 is 15.0 Å². The van der Waals surface area contributed by atoms with E-state index in [0.29, 0.717) is 5.56 Å². The van der Waals surface area contributed by atoms with E-state index in [1.54, 1.807) is 23.9 Å². The van der Waals surface area contributed by atoms with Gasteiger partial charge in [0.2, 0.25) is 0 Å². The summed E-state index contributed by atoms with van der Waals surface area (Å²) in [4.78, 5) is 20.1. The Morgan fingerprint density at radius 2 is 2.07 bits per heavy atom. The van der Waals surface area contributed by atoms with Crippen molar-refractivity contribution < 1.29 is 13.9 Å². The second-order valence-electron chi connectivity index (χ2n) is 7.59. The molecule has 2 saturated heterocycles. The van der Waals surface area contributed by atoms with Crippen LogP contribution >= 0.6 is 11.8 Å². The lowest BCUT2D eigenvalue weighted by Gasteiger charge is -2.33. The third-order valence-electron chi connectivity index (χ3n) is 5.39. The van der Waals surface area contributed by atoms with Gasteiger partial charge in [-0.2, -0.15) is 0 Å². The average molecular weight is 416 g/mol. The van der Waals surface area contributed by atoms with Gasteiger partial charge in [-0.15, -0.1) is 11.8 Å². The predicted octanol–water partition coefficient (Wildman–Crippen LogP) is 3.94. The average Bonchev–Trinajstić information content (AvgIpc) is 3.04. The summed E-state index contributed by atoms with van der Waals surface area (Å²) in [5, 5.41) is 3.66. The highest BCUT2D eigenvalue weighted by molar-refractivity contribution is 7.99. The molecule has 5 nitrogen and oxygen atoms in total. The summed E-state index contributed by atoms with van der Waals surface area (Å²) in [7, 11) is 0. The highest BCUT2D eigenvalue weighted by Crippen LogP contribution is 2.32. The molecule has 0 radical (unpaired) electrons. The fourth-order valence-electron chi connectivity index (χ4n) is 4.03. The monoisotopic (exact) mass is 415 g/mol. The third-order valence-corrected chi connectivity index (χ3v) is 6.25. The summed E-state index contributed by atoms with van der Waals surface area (Å²) in [5.74, 6) is 1.26. The Morgan fingerprint density at radius 3 is 2.76 bits per heavy atom. The van der Waals surface area contributed by atoms with Gasteiger partial charge in [-0.05, 0) is 54.8 Å². The molecule has 2 aromatic rings. The van der Waals surface area contributed by atoms with Crippen molar-refractivity contribution in [1.29, 1.82) is 0 Å². The highest BCUT2D eigenvalue weighted by atomic mass is 32.2. The Kier molecular flexibility index (Phi) is 6.06. The van der Waals surface area contributed by atoms with E-state index in [0.717, 1.165) is 53.7 Å². The number of rotatable bonds is 6. The minimum Gasteiger partial charge on any atom is -0.371 e. The summed E-state index contributed by atoms with van der Waals surface area (Å²) < 4.78 is 19.3. The molecule has 2 unspecified atom stereocenters. The van der Waals surface area contributed by atoms with E-state index in [9.17, 15) is 9.18 Å². The number of aryl methyl sites for hydroxylation is 1. The number of carbonyl (C=O) groups is 1. The van der Waals surface area contributed by atoms with Crippen molar-refractivity contribution in [1.82, 2.24) is 10.3 Å². The third kappa shape index (κ3) is 4.56. The van der Waals surface area contributed by atoms with Crippen LogP contribution in [0, 0.1) is 12.7 Å². The molecule has 2 aliphatic heterocycles. The summed E-state index contributed by atoms with van der Waals surface area (Å²) in [5.41, 5.74) is 2.24. The number of amides is 1. The maximum Gasteiger partial charge on any atom is 0.254 e. The Hall–Kier alpha value is -2.12. The van der Waals surface area contributed by atoms with Crippen molar-refractivity contribution in [3.8, 4) is 0 Å². The lowest BCUT2D eigenvalue weighted by atomic mass is 10.1. The van der Waals surface area contributed by atoms with E-state index in [1.807, 2.05) is 13.0 Å². The number of halogens is 1. The SMILES string of the molecule is CCSc1nc(N2CC3CCC(C2)O3)cc(C)c1C(=O)NCc1cccc(F)c1. The highest BCUT2D eigenvalue weighted by Gasteiger charge is 2.34. The number of benzene rings is 1. The fourth-order valence-corrected chi connectivity index (χ4v) is 4.86. The molecule has 0 aliphatic carbocycles. The molecule has 4 rings (SSSR count). The van der Waals surface area contributed by atoms with Crippen LogP contribution in [0.25, 0.3) is 0 Å². The lowest BCUT2D eigenvalue weighted by Crippen LogP contribution is -2.43. The van der Waals surface area contributed by atoms with Gasteiger partial charge in [-0.25, -0.2) is 9.37 Å². The lowest BCUT2D eigenvalue weighted by molar-refractivity contribution is 0.0302. The molecule has 154 valence electrons. The van der Waals surface area contributed by atoms with E-state index in [2.05, 4.69) is 17.1 Å². The number of thioether (sulfide) groups is 1. The van der Waals surface area contributed by atoms with Crippen LogP contribution in [0.5, 0.6) is 0 Å². The summed E-state index contributed by atoms with van der Waals surface area (Å²) >= 11 is 1.57. The predicted molar refractivity (Wildman–Crippen MR) is 113 cm³/mol. The fraction of sp³-hybridized carbons (Fsp3) is 0.455. The molecule has 3 heterocycles. The largest absolute Gasteiger partial charge is 0.371 e. The molecule has 2 bridgehead atoms. The van der Waals surface area contributed by atoms with Gasteiger partial charge in [-0.1, -0.05) is 19.1 Å². The van der Waals surface area contributed by atoms with Gasteiger partial charge in [0.05, 0.1) is 17.8 Å². The maximum atomic E-state index is 13.4. The number of fused-ring (bicyclic) bond motifs is 2. The first-order valence-corrected chi connectivity index (χ1v) is 11.1. The molecular formula is C22H26FN3O2S. The van der Waals surface area contributed by atoms with Gasteiger partial charge >= 0.3 is 0 Å². The number of hydrogen-bond acceptors (Lipinski definition) is 5. The van der Waals surface area contributed by atoms with Crippen LogP contribution in [0.1, 0.15) is 41.3 Å². The number of ether oxygens (including phenoxy) is 1. The molecule has 1 N–H and O–H groups in total. The Morgan fingerprint density at radius 1 is 1.31 bits per heavy atom. The smallest absolute Gasteiger partial charge is 0.254 e. The number of morpholine rings is 1. The van der Waals surface area contributed by atoms with Gasteiger partial charge in [-0.3, -0.25) is 4.79 Å². The van der Waals surface area contributed by atoms with Crippen molar-refractivity contribution in [2.45, 2.75) is 50.5 Å². The number of pyridine rings is 1. The van der Waals surface area contributed by atoms with Crippen molar-refractivity contribution in [3.05, 3.63) is 52.8 Å². The summed E-state index contributed by atoms with van der Waals surface area (Å²) in [6, 6.07) is 8.27. The number of nitrogens with zero attached hydrogens (tertiary/aromatic N) is 2. The van der Waals surface area contributed by atoms with E-state index >= 15 is 0 Å². The van der Waals surface area contributed by atoms with Gasteiger partial charge in [0, 0.05) is 19.6 Å². The van der Waals surface area contributed by atoms with Crippen LogP contribution < -0.4 is 10.2 Å². The van der Waals surface area contributed by atoms with Crippen molar-refractivity contribution >= 4 is 23.5 Å². The van der Waals surface area contributed by atoms with Crippen LogP contribution in [0.2, 0.25) is 0 Å².